The molecule has 0 saturated heterocycles. The molecule has 0 unspecified atom stereocenters. The van der Waals surface area contributed by atoms with Crippen LogP contribution in [0.2, 0.25) is 0 Å². The Bertz CT molecular complexity index is 587. The predicted molar refractivity (Wildman–Crippen MR) is 74.3 cm³/mol. The molecule has 0 radical (unpaired) electrons. The van der Waals surface area contributed by atoms with E-state index in [1.165, 1.54) is 0 Å². The molecular weight excluding hydrogens is 292 g/mol. The summed E-state index contributed by atoms with van der Waals surface area (Å²) in [6.45, 7) is 0.199. The fourth-order valence-electron chi connectivity index (χ4n) is 1.80. The first-order chi connectivity index (χ1) is 10.5. The van der Waals surface area contributed by atoms with Gasteiger partial charge >= 0.3 is 5.97 Å². The molecule has 0 fully saturated rings. The summed E-state index contributed by atoms with van der Waals surface area (Å²) in [7, 11) is 0. The third-order valence-electron chi connectivity index (χ3n) is 2.78. The fourth-order valence-corrected chi connectivity index (χ4v) is 1.80. The molecule has 0 aliphatic carbocycles. The van der Waals surface area contributed by atoms with E-state index < -0.39 is 24.4 Å². The molecule has 8 heteroatoms. The van der Waals surface area contributed by atoms with E-state index in [4.69, 9.17) is 19.9 Å². The zero-order chi connectivity index (χ0) is 15.9. The zero-order valence-corrected chi connectivity index (χ0v) is 11.8. The Kier molecular flexibility index (Phi) is 5.18. The highest BCUT2D eigenvalue weighted by molar-refractivity contribution is 5.85. The number of benzene rings is 1. The zero-order valence-electron chi connectivity index (χ0n) is 11.8. The minimum Gasteiger partial charge on any atom is -0.486 e. The Hall–Kier alpha value is -2.77. The maximum atomic E-state index is 11.7. The smallest absolute Gasteiger partial charge is 0.310 e. The van der Waals surface area contributed by atoms with Crippen molar-refractivity contribution in [2.24, 2.45) is 5.73 Å². The van der Waals surface area contributed by atoms with Crippen LogP contribution in [0.3, 0.4) is 0 Å². The van der Waals surface area contributed by atoms with Gasteiger partial charge in [-0.1, -0.05) is 6.07 Å². The Morgan fingerprint density at radius 1 is 1.18 bits per heavy atom. The van der Waals surface area contributed by atoms with E-state index in [9.17, 15) is 14.4 Å². The number of hydrogen-bond acceptors (Lipinski definition) is 6. The summed E-state index contributed by atoms with van der Waals surface area (Å²) >= 11 is 0. The van der Waals surface area contributed by atoms with Crippen LogP contribution >= 0.6 is 0 Å². The number of nitrogens with two attached hydrogens (primary N) is 1. The number of primary amides is 1. The van der Waals surface area contributed by atoms with Gasteiger partial charge in [-0.05, 0) is 17.7 Å². The largest absolute Gasteiger partial charge is 0.486 e. The number of fused-ring (bicyclic) bond motifs is 1. The van der Waals surface area contributed by atoms with Crippen LogP contribution in [0.1, 0.15) is 5.56 Å². The van der Waals surface area contributed by atoms with Crippen molar-refractivity contribution in [2.75, 3.05) is 26.4 Å². The summed E-state index contributed by atoms with van der Waals surface area (Å²) in [4.78, 5) is 33.4. The highest BCUT2D eigenvalue weighted by atomic mass is 16.6. The maximum Gasteiger partial charge on any atom is 0.310 e. The van der Waals surface area contributed by atoms with Crippen molar-refractivity contribution in [3.8, 4) is 11.5 Å². The second-order valence-corrected chi connectivity index (χ2v) is 4.56. The fraction of sp³-hybridized carbons (Fsp3) is 0.357. The van der Waals surface area contributed by atoms with Crippen LogP contribution in [-0.2, 0) is 25.5 Å². The van der Waals surface area contributed by atoms with E-state index >= 15 is 0 Å². The summed E-state index contributed by atoms with van der Waals surface area (Å²) in [6.07, 6.45) is -0.000258. The van der Waals surface area contributed by atoms with Crippen molar-refractivity contribution in [1.29, 1.82) is 0 Å². The molecule has 2 rings (SSSR count). The van der Waals surface area contributed by atoms with Gasteiger partial charge in [0.2, 0.25) is 5.91 Å². The third-order valence-corrected chi connectivity index (χ3v) is 2.78. The first-order valence-electron chi connectivity index (χ1n) is 6.64. The van der Waals surface area contributed by atoms with Gasteiger partial charge in [-0.15, -0.1) is 0 Å². The lowest BCUT2D eigenvalue weighted by Crippen LogP contribution is -2.36. The van der Waals surface area contributed by atoms with Crippen molar-refractivity contribution in [2.45, 2.75) is 6.42 Å². The Balaban J connectivity index is 1.79. The average molecular weight is 308 g/mol. The van der Waals surface area contributed by atoms with E-state index in [0.29, 0.717) is 30.3 Å². The van der Waals surface area contributed by atoms with Gasteiger partial charge in [0, 0.05) is 0 Å². The topological polar surface area (TPSA) is 117 Å². The van der Waals surface area contributed by atoms with Crippen LogP contribution in [0.4, 0.5) is 0 Å². The first kappa shape index (κ1) is 15.6. The number of amides is 2. The van der Waals surface area contributed by atoms with E-state index in [1.54, 1.807) is 18.2 Å². The van der Waals surface area contributed by atoms with Gasteiger partial charge in [-0.2, -0.15) is 0 Å². The van der Waals surface area contributed by atoms with E-state index in [2.05, 4.69) is 5.32 Å². The SMILES string of the molecule is NC(=O)CNC(=O)COC(=O)Cc1ccc2c(c1)OCCO2. The highest BCUT2D eigenvalue weighted by Gasteiger charge is 2.14. The van der Waals surface area contributed by atoms with Crippen molar-refractivity contribution >= 4 is 17.8 Å². The quantitative estimate of drug-likeness (QED) is 0.661. The van der Waals surface area contributed by atoms with Gasteiger partial charge in [0.05, 0.1) is 13.0 Å². The number of rotatable bonds is 6. The molecule has 8 nitrogen and oxygen atoms in total. The van der Waals surface area contributed by atoms with Crippen molar-refractivity contribution < 1.29 is 28.6 Å². The molecule has 2 amide bonds. The lowest BCUT2D eigenvalue weighted by molar-refractivity contribution is -0.147. The van der Waals surface area contributed by atoms with E-state index in [0.717, 1.165) is 0 Å². The van der Waals surface area contributed by atoms with Crippen molar-refractivity contribution in [3.05, 3.63) is 23.8 Å². The maximum absolute atomic E-state index is 11.7. The van der Waals surface area contributed by atoms with Crippen LogP contribution in [0.5, 0.6) is 11.5 Å². The molecule has 0 bridgehead atoms. The van der Waals surface area contributed by atoms with Crippen molar-refractivity contribution in [3.63, 3.8) is 0 Å². The molecule has 1 aromatic carbocycles. The molecule has 0 aromatic heterocycles. The minimum absolute atomic E-state index is 0.000258. The van der Waals surface area contributed by atoms with Gasteiger partial charge in [0.1, 0.15) is 13.2 Å². The Morgan fingerprint density at radius 3 is 2.64 bits per heavy atom. The Morgan fingerprint density at radius 2 is 1.91 bits per heavy atom. The molecule has 22 heavy (non-hydrogen) atoms. The predicted octanol–water partition coefficient (Wildman–Crippen LogP) is -0.855. The van der Waals surface area contributed by atoms with Gasteiger partial charge < -0.3 is 25.3 Å². The van der Waals surface area contributed by atoms with Crippen LogP contribution in [0.25, 0.3) is 0 Å². The molecule has 1 aliphatic heterocycles. The summed E-state index contributed by atoms with van der Waals surface area (Å²) in [5.41, 5.74) is 5.56. The second-order valence-electron chi connectivity index (χ2n) is 4.56. The molecule has 1 heterocycles. The normalized spacial score (nSPS) is 12.4. The van der Waals surface area contributed by atoms with Crippen molar-refractivity contribution in [1.82, 2.24) is 5.32 Å². The van der Waals surface area contributed by atoms with E-state index in [-0.39, 0.29) is 13.0 Å². The van der Waals surface area contributed by atoms with Crippen LogP contribution in [0.15, 0.2) is 18.2 Å². The lowest BCUT2D eigenvalue weighted by Gasteiger charge is -2.18. The summed E-state index contributed by atoms with van der Waals surface area (Å²) in [6, 6.07) is 5.14. The standard InChI is InChI=1S/C14H16N2O6/c15-12(17)7-16-13(18)8-22-14(19)6-9-1-2-10-11(5-9)21-4-3-20-10/h1-2,5H,3-4,6-8H2,(H2,15,17)(H,16,18). The Labute approximate surface area is 126 Å². The molecule has 0 spiro atoms. The number of ether oxygens (including phenoxy) is 3. The van der Waals surface area contributed by atoms with Gasteiger partial charge in [-0.3, -0.25) is 14.4 Å². The summed E-state index contributed by atoms with van der Waals surface area (Å²) in [5, 5.41) is 2.22. The average Bonchev–Trinajstić information content (AvgIpc) is 2.50. The number of carbonyl (C=O) groups is 3. The van der Waals surface area contributed by atoms with Gasteiger partial charge in [0.15, 0.2) is 18.1 Å². The van der Waals surface area contributed by atoms with Crippen LogP contribution in [-0.4, -0.2) is 44.1 Å². The summed E-state index contributed by atoms with van der Waals surface area (Å²) < 4.78 is 15.6. The molecular formula is C14H16N2O6. The molecule has 0 saturated carbocycles. The number of hydrogen-bond donors (Lipinski definition) is 2. The minimum atomic E-state index is -0.670. The molecule has 3 N–H and O–H groups in total. The monoisotopic (exact) mass is 308 g/mol. The lowest BCUT2D eigenvalue weighted by atomic mass is 10.1. The van der Waals surface area contributed by atoms with E-state index in [1.807, 2.05) is 0 Å². The molecule has 0 atom stereocenters. The molecule has 118 valence electrons. The highest BCUT2D eigenvalue weighted by Crippen LogP contribution is 2.30. The second kappa shape index (κ2) is 7.30. The van der Waals surface area contributed by atoms with Gasteiger partial charge in [-0.25, -0.2) is 0 Å². The molecule has 1 aliphatic rings. The van der Waals surface area contributed by atoms with Gasteiger partial charge in [0.25, 0.3) is 5.91 Å². The van der Waals surface area contributed by atoms with Crippen LogP contribution in [0, 0.1) is 0 Å². The first-order valence-corrected chi connectivity index (χ1v) is 6.64. The van der Waals surface area contributed by atoms with Crippen LogP contribution < -0.4 is 20.5 Å². The number of carbonyl (C=O) groups excluding carboxylic acids is 3. The number of esters is 1. The third kappa shape index (κ3) is 4.65. The summed E-state index contributed by atoms with van der Waals surface area (Å²) in [5.74, 6) is -0.610. The molecule has 1 aromatic rings. The number of nitrogens with one attached hydrogen (secondary N) is 1.